The summed E-state index contributed by atoms with van der Waals surface area (Å²) < 4.78 is 10.6. The fraction of sp³-hybridized carbons (Fsp3) is 0.304. The van der Waals surface area contributed by atoms with Crippen molar-refractivity contribution < 1.29 is 14.3 Å². The Kier molecular flexibility index (Phi) is 6.34. The number of likely N-dealkylation sites (N-methyl/N-ethyl adjacent to an activating group) is 1. The van der Waals surface area contributed by atoms with Gasteiger partial charge in [0.1, 0.15) is 11.5 Å². The smallest absolute Gasteiger partial charge is 0.253 e. The number of amides is 1. The molecule has 0 aliphatic heterocycles. The highest BCUT2D eigenvalue weighted by Gasteiger charge is 2.18. The summed E-state index contributed by atoms with van der Waals surface area (Å²) in [7, 11) is 7.25. The summed E-state index contributed by atoms with van der Waals surface area (Å²) in [6, 6.07) is 15.4. The molecular formula is C23H27N3O3. The van der Waals surface area contributed by atoms with Gasteiger partial charge in [-0.15, -0.1) is 0 Å². The molecule has 0 spiro atoms. The van der Waals surface area contributed by atoms with Crippen LogP contribution < -0.4 is 14.8 Å². The van der Waals surface area contributed by atoms with E-state index in [1.54, 1.807) is 14.2 Å². The van der Waals surface area contributed by atoms with E-state index in [1.165, 1.54) is 0 Å². The monoisotopic (exact) mass is 393 g/mol. The molecule has 0 saturated carbocycles. The molecule has 0 bridgehead atoms. The van der Waals surface area contributed by atoms with Crippen LogP contribution in [0.4, 0.5) is 0 Å². The van der Waals surface area contributed by atoms with E-state index in [2.05, 4.69) is 15.2 Å². The minimum absolute atomic E-state index is 0.0165. The summed E-state index contributed by atoms with van der Waals surface area (Å²) in [6.45, 7) is 2.32. The van der Waals surface area contributed by atoms with Gasteiger partial charge in [0, 0.05) is 11.9 Å². The molecule has 1 heterocycles. The lowest BCUT2D eigenvalue weighted by Crippen LogP contribution is -2.35. The predicted molar refractivity (Wildman–Crippen MR) is 115 cm³/mol. The largest absolute Gasteiger partial charge is 0.497 e. The highest BCUT2D eigenvalue weighted by Crippen LogP contribution is 2.24. The van der Waals surface area contributed by atoms with Crippen LogP contribution in [-0.2, 0) is 0 Å². The fourth-order valence-electron chi connectivity index (χ4n) is 3.34. The Labute approximate surface area is 171 Å². The normalized spacial score (nSPS) is 12.1. The molecule has 3 rings (SSSR count). The highest BCUT2D eigenvalue weighted by molar-refractivity contribution is 5.98. The summed E-state index contributed by atoms with van der Waals surface area (Å²) >= 11 is 0. The van der Waals surface area contributed by atoms with Gasteiger partial charge in [0.2, 0.25) is 0 Å². The van der Waals surface area contributed by atoms with E-state index in [0.29, 0.717) is 17.8 Å². The zero-order valence-corrected chi connectivity index (χ0v) is 17.5. The second-order valence-corrected chi connectivity index (χ2v) is 7.15. The average molecular weight is 393 g/mol. The molecule has 152 valence electrons. The molecule has 0 saturated heterocycles. The van der Waals surface area contributed by atoms with Gasteiger partial charge in [0.25, 0.3) is 5.91 Å². The van der Waals surface area contributed by atoms with Crippen molar-refractivity contribution in [3.63, 3.8) is 0 Å². The number of ether oxygens (including phenoxy) is 2. The van der Waals surface area contributed by atoms with E-state index >= 15 is 0 Å². The molecule has 0 unspecified atom stereocenters. The van der Waals surface area contributed by atoms with Crippen molar-refractivity contribution in [2.75, 3.05) is 34.9 Å². The molecule has 1 amide bonds. The first-order chi connectivity index (χ1) is 13.9. The highest BCUT2D eigenvalue weighted by atomic mass is 16.5. The van der Waals surface area contributed by atoms with Gasteiger partial charge in [-0.3, -0.25) is 9.78 Å². The third-order valence-corrected chi connectivity index (χ3v) is 5.01. The molecule has 6 nitrogen and oxygen atoms in total. The first kappa shape index (κ1) is 20.6. The Morgan fingerprint density at radius 3 is 2.48 bits per heavy atom. The van der Waals surface area contributed by atoms with Gasteiger partial charge >= 0.3 is 0 Å². The maximum atomic E-state index is 12.9. The number of benzene rings is 2. The van der Waals surface area contributed by atoms with Crippen molar-refractivity contribution in [3.05, 3.63) is 65.4 Å². The van der Waals surface area contributed by atoms with Crippen molar-refractivity contribution in [1.82, 2.24) is 15.2 Å². The molecule has 3 aromatic rings. The Balaban J connectivity index is 1.81. The minimum atomic E-state index is -0.144. The molecule has 0 aliphatic rings. The van der Waals surface area contributed by atoms with Gasteiger partial charge < -0.3 is 19.7 Å². The second-order valence-electron chi connectivity index (χ2n) is 7.15. The molecule has 1 atom stereocenters. The van der Waals surface area contributed by atoms with Crippen molar-refractivity contribution >= 4 is 16.8 Å². The fourth-order valence-corrected chi connectivity index (χ4v) is 3.34. The van der Waals surface area contributed by atoms with Crippen molar-refractivity contribution in [3.8, 4) is 11.5 Å². The first-order valence-electron chi connectivity index (χ1n) is 9.47. The van der Waals surface area contributed by atoms with Crippen LogP contribution in [0.3, 0.4) is 0 Å². The molecule has 0 aliphatic carbocycles. The van der Waals surface area contributed by atoms with Crippen LogP contribution in [-0.4, -0.2) is 50.7 Å². The quantitative estimate of drug-likeness (QED) is 0.665. The molecule has 2 aromatic carbocycles. The minimum Gasteiger partial charge on any atom is -0.497 e. The SMILES string of the molecule is COc1cccc([C@H](CNC(=O)c2cc3cc(OC)ccc3nc2C)N(C)C)c1. The van der Waals surface area contributed by atoms with Crippen LogP contribution in [0.1, 0.15) is 27.7 Å². The van der Waals surface area contributed by atoms with Crippen LogP contribution in [0.2, 0.25) is 0 Å². The standard InChI is InChI=1S/C23H27N3O3/c1-15-20(13-17-12-19(29-5)9-10-21(17)25-15)23(27)24-14-22(26(2)3)16-7-6-8-18(11-16)28-4/h6-13,22H,14H2,1-5H3,(H,24,27)/t22-/m0/s1. The second kappa shape index (κ2) is 8.92. The maximum absolute atomic E-state index is 12.9. The van der Waals surface area contributed by atoms with E-state index in [1.807, 2.05) is 69.6 Å². The lowest BCUT2D eigenvalue weighted by atomic mass is 10.0. The lowest BCUT2D eigenvalue weighted by molar-refractivity contribution is 0.0941. The number of nitrogens with zero attached hydrogens (tertiary/aromatic N) is 2. The average Bonchev–Trinajstić information content (AvgIpc) is 2.72. The number of methoxy groups -OCH3 is 2. The van der Waals surface area contributed by atoms with Crippen molar-refractivity contribution in [2.45, 2.75) is 13.0 Å². The molecule has 29 heavy (non-hydrogen) atoms. The van der Waals surface area contributed by atoms with Gasteiger partial charge in [-0.05, 0) is 63.0 Å². The first-order valence-corrected chi connectivity index (χ1v) is 9.47. The number of nitrogens with one attached hydrogen (secondary N) is 1. The van der Waals surface area contributed by atoms with Gasteiger partial charge in [0.05, 0.1) is 37.0 Å². The number of rotatable bonds is 7. The van der Waals surface area contributed by atoms with E-state index in [4.69, 9.17) is 9.47 Å². The topological polar surface area (TPSA) is 63.7 Å². The number of fused-ring (bicyclic) bond motifs is 1. The predicted octanol–water partition coefficient (Wildman–Crippen LogP) is 3.59. The molecule has 0 fully saturated rings. The number of pyridine rings is 1. The zero-order chi connectivity index (χ0) is 21.0. The Hall–Kier alpha value is -3.12. The van der Waals surface area contributed by atoms with Gasteiger partial charge in [-0.2, -0.15) is 0 Å². The molecule has 0 radical (unpaired) electrons. The van der Waals surface area contributed by atoms with Gasteiger partial charge in [-0.25, -0.2) is 0 Å². The maximum Gasteiger partial charge on any atom is 0.253 e. The van der Waals surface area contributed by atoms with Crippen LogP contribution in [0.15, 0.2) is 48.5 Å². The third-order valence-electron chi connectivity index (χ3n) is 5.01. The van der Waals surface area contributed by atoms with Crippen LogP contribution >= 0.6 is 0 Å². The number of aryl methyl sites for hydroxylation is 1. The third kappa shape index (κ3) is 4.66. The summed E-state index contributed by atoms with van der Waals surface area (Å²) in [4.78, 5) is 19.6. The van der Waals surface area contributed by atoms with Crippen LogP contribution in [0.25, 0.3) is 10.9 Å². The van der Waals surface area contributed by atoms with Gasteiger partial charge in [0.15, 0.2) is 0 Å². The number of hydrogen-bond donors (Lipinski definition) is 1. The summed E-state index contributed by atoms with van der Waals surface area (Å²) in [6.07, 6.45) is 0. The summed E-state index contributed by atoms with van der Waals surface area (Å²) in [5, 5.41) is 3.93. The van der Waals surface area contributed by atoms with E-state index < -0.39 is 0 Å². The van der Waals surface area contributed by atoms with Crippen molar-refractivity contribution in [2.24, 2.45) is 0 Å². The zero-order valence-electron chi connectivity index (χ0n) is 17.5. The summed E-state index contributed by atoms with van der Waals surface area (Å²) in [5.41, 5.74) is 3.17. The molecule has 1 aromatic heterocycles. The number of carbonyl (C=O) groups excluding carboxylic acids is 1. The summed E-state index contributed by atoms with van der Waals surface area (Å²) in [5.74, 6) is 1.39. The van der Waals surface area contributed by atoms with E-state index in [-0.39, 0.29) is 11.9 Å². The van der Waals surface area contributed by atoms with Crippen molar-refractivity contribution in [1.29, 1.82) is 0 Å². The number of hydrogen-bond acceptors (Lipinski definition) is 5. The van der Waals surface area contributed by atoms with Gasteiger partial charge in [-0.1, -0.05) is 12.1 Å². The van der Waals surface area contributed by atoms with E-state index in [0.717, 1.165) is 28.0 Å². The number of carbonyl (C=O) groups is 1. The molecule has 6 heteroatoms. The Morgan fingerprint density at radius 1 is 1.07 bits per heavy atom. The van der Waals surface area contributed by atoms with Crippen LogP contribution in [0, 0.1) is 6.92 Å². The van der Waals surface area contributed by atoms with Crippen LogP contribution in [0.5, 0.6) is 11.5 Å². The Bertz CT molecular complexity index is 1020. The number of aromatic nitrogens is 1. The lowest BCUT2D eigenvalue weighted by Gasteiger charge is -2.25. The Morgan fingerprint density at radius 2 is 1.79 bits per heavy atom. The molecule has 1 N–H and O–H groups in total. The molecular weight excluding hydrogens is 366 g/mol. The van der Waals surface area contributed by atoms with E-state index in [9.17, 15) is 4.79 Å².